The van der Waals surface area contributed by atoms with E-state index >= 15 is 0 Å². The summed E-state index contributed by atoms with van der Waals surface area (Å²) in [5, 5.41) is 3.39. The van der Waals surface area contributed by atoms with Gasteiger partial charge >= 0.3 is 0 Å². The van der Waals surface area contributed by atoms with Gasteiger partial charge in [0.1, 0.15) is 5.76 Å². The van der Waals surface area contributed by atoms with Crippen LogP contribution in [0.4, 0.5) is 0 Å². The van der Waals surface area contributed by atoms with Crippen molar-refractivity contribution in [3.63, 3.8) is 0 Å². The molecule has 18 heavy (non-hydrogen) atoms. The highest BCUT2D eigenvalue weighted by Crippen LogP contribution is 2.12. The Hall–Kier alpha value is -0.840. The van der Waals surface area contributed by atoms with Crippen LogP contribution in [-0.4, -0.2) is 49.6 Å². The predicted octanol–water partition coefficient (Wildman–Crippen LogP) is 1.53. The lowest BCUT2D eigenvalue weighted by atomic mass is 10.2. The molecular formula is C14H25N3O. The van der Waals surface area contributed by atoms with Gasteiger partial charge in [0.15, 0.2) is 0 Å². The summed E-state index contributed by atoms with van der Waals surface area (Å²) in [4.78, 5) is 4.83. The van der Waals surface area contributed by atoms with Crippen LogP contribution in [0.15, 0.2) is 16.7 Å². The Morgan fingerprint density at radius 3 is 2.78 bits per heavy atom. The molecule has 0 aliphatic carbocycles. The van der Waals surface area contributed by atoms with E-state index in [0.717, 1.165) is 51.6 Å². The van der Waals surface area contributed by atoms with Crippen molar-refractivity contribution in [3.8, 4) is 0 Å². The Kier molecular flexibility index (Phi) is 5.23. The number of nitrogens with one attached hydrogen (secondary N) is 1. The molecule has 1 aliphatic heterocycles. The highest BCUT2D eigenvalue weighted by molar-refractivity contribution is 5.12. The van der Waals surface area contributed by atoms with Crippen LogP contribution >= 0.6 is 0 Å². The number of piperazine rings is 1. The van der Waals surface area contributed by atoms with Crippen molar-refractivity contribution in [3.05, 3.63) is 23.7 Å². The molecule has 1 N–H and O–H groups in total. The lowest BCUT2D eigenvalue weighted by Gasteiger charge is -2.31. The summed E-state index contributed by atoms with van der Waals surface area (Å²) < 4.78 is 5.63. The molecule has 2 heterocycles. The van der Waals surface area contributed by atoms with Gasteiger partial charge in [-0.1, -0.05) is 6.92 Å². The van der Waals surface area contributed by atoms with Gasteiger partial charge < -0.3 is 14.6 Å². The first kappa shape index (κ1) is 13.6. The molecule has 0 bridgehead atoms. The number of likely N-dealkylation sites (N-methyl/N-ethyl adjacent to an activating group) is 1. The molecule has 0 spiro atoms. The molecule has 0 aromatic carbocycles. The van der Waals surface area contributed by atoms with E-state index in [1.54, 1.807) is 0 Å². The van der Waals surface area contributed by atoms with Crippen molar-refractivity contribution in [2.75, 3.05) is 39.8 Å². The molecule has 0 unspecified atom stereocenters. The monoisotopic (exact) mass is 251 g/mol. The molecule has 0 amide bonds. The molecule has 0 radical (unpaired) electrons. The predicted molar refractivity (Wildman–Crippen MR) is 73.5 cm³/mol. The number of furan rings is 1. The maximum Gasteiger partial charge on any atom is 0.118 e. The highest BCUT2D eigenvalue weighted by atomic mass is 16.3. The summed E-state index contributed by atoms with van der Waals surface area (Å²) in [6.07, 6.45) is 3.06. The maximum atomic E-state index is 5.63. The van der Waals surface area contributed by atoms with Crippen LogP contribution < -0.4 is 5.32 Å². The zero-order chi connectivity index (χ0) is 12.8. The summed E-state index contributed by atoms with van der Waals surface area (Å²) in [7, 11) is 2.18. The molecule has 2 rings (SSSR count). The van der Waals surface area contributed by atoms with E-state index in [1.165, 1.54) is 12.0 Å². The van der Waals surface area contributed by atoms with Gasteiger partial charge in [-0.2, -0.15) is 0 Å². The minimum atomic E-state index is 0.917. The van der Waals surface area contributed by atoms with Crippen LogP contribution in [0.1, 0.15) is 24.7 Å². The van der Waals surface area contributed by atoms with E-state index < -0.39 is 0 Å². The van der Waals surface area contributed by atoms with Gasteiger partial charge in [-0.15, -0.1) is 0 Å². The first-order valence-electron chi connectivity index (χ1n) is 6.96. The smallest absolute Gasteiger partial charge is 0.118 e. The SMILES string of the molecule is CCCNCc1coc(CN2CCN(C)CC2)c1. The van der Waals surface area contributed by atoms with Crippen LogP contribution in [0.5, 0.6) is 0 Å². The fraction of sp³-hybridized carbons (Fsp3) is 0.714. The van der Waals surface area contributed by atoms with Crippen molar-refractivity contribution in [1.29, 1.82) is 0 Å². The first-order chi connectivity index (χ1) is 8.78. The summed E-state index contributed by atoms with van der Waals surface area (Å²) in [5.41, 5.74) is 1.26. The van der Waals surface area contributed by atoms with Gasteiger partial charge in [0.05, 0.1) is 12.8 Å². The quantitative estimate of drug-likeness (QED) is 0.777. The molecule has 4 nitrogen and oxygen atoms in total. The Morgan fingerprint density at radius 1 is 1.28 bits per heavy atom. The Balaban J connectivity index is 1.76. The average molecular weight is 251 g/mol. The van der Waals surface area contributed by atoms with Crippen molar-refractivity contribution in [2.45, 2.75) is 26.4 Å². The van der Waals surface area contributed by atoms with Crippen LogP contribution in [0.2, 0.25) is 0 Å². The third kappa shape index (κ3) is 4.12. The van der Waals surface area contributed by atoms with Gasteiger partial charge in [-0.25, -0.2) is 0 Å². The Labute approximate surface area is 110 Å². The van der Waals surface area contributed by atoms with Crippen LogP contribution in [0, 0.1) is 0 Å². The molecule has 1 saturated heterocycles. The molecule has 1 fully saturated rings. The van der Waals surface area contributed by atoms with Gasteiger partial charge in [0.25, 0.3) is 0 Å². The van der Waals surface area contributed by atoms with Gasteiger partial charge in [-0.05, 0) is 26.1 Å². The largest absolute Gasteiger partial charge is 0.468 e. The van der Waals surface area contributed by atoms with Gasteiger partial charge in [0.2, 0.25) is 0 Å². The lowest BCUT2D eigenvalue weighted by molar-refractivity contribution is 0.140. The fourth-order valence-electron chi connectivity index (χ4n) is 2.24. The maximum absolute atomic E-state index is 5.63. The molecular weight excluding hydrogens is 226 g/mol. The number of hydrogen-bond donors (Lipinski definition) is 1. The van der Waals surface area contributed by atoms with Crippen LogP contribution in [-0.2, 0) is 13.1 Å². The van der Waals surface area contributed by atoms with Crippen molar-refractivity contribution < 1.29 is 4.42 Å². The third-order valence-electron chi connectivity index (χ3n) is 3.44. The van der Waals surface area contributed by atoms with E-state index in [0.29, 0.717) is 0 Å². The fourth-order valence-corrected chi connectivity index (χ4v) is 2.24. The number of nitrogens with zero attached hydrogens (tertiary/aromatic N) is 2. The van der Waals surface area contributed by atoms with Gasteiger partial charge in [0, 0.05) is 38.3 Å². The highest BCUT2D eigenvalue weighted by Gasteiger charge is 2.15. The van der Waals surface area contributed by atoms with E-state index in [1.807, 2.05) is 6.26 Å². The van der Waals surface area contributed by atoms with Crippen LogP contribution in [0.3, 0.4) is 0 Å². The first-order valence-corrected chi connectivity index (χ1v) is 6.96. The van der Waals surface area contributed by atoms with Crippen molar-refractivity contribution >= 4 is 0 Å². The molecule has 1 aliphatic rings. The zero-order valence-electron chi connectivity index (χ0n) is 11.6. The van der Waals surface area contributed by atoms with Crippen molar-refractivity contribution in [1.82, 2.24) is 15.1 Å². The van der Waals surface area contributed by atoms with E-state index in [4.69, 9.17) is 4.42 Å². The van der Waals surface area contributed by atoms with E-state index in [9.17, 15) is 0 Å². The Bertz CT molecular complexity index is 343. The summed E-state index contributed by atoms with van der Waals surface area (Å²) >= 11 is 0. The van der Waals surface area contributed by atoms with E-state index in [2.05, 4.69) is 35.2 Å². The second-order valence-electron chi connectivity index (χ2n) is 5.18. The second-order valence-corrected chi connectivity index (χ2v) is 5.18. The summed E-state index contributed by atoms with van der Waals surface area (Å²) in [6.45, 7) is 9.71. The molecule has 102 valence electrons. The van der Waals surface area contributed by atoms with E-state index in [-0.39, 0.29) is 0 Å². The topological polar surface area (TPSA) is 31.7 Å². The van der Waals surface area contributed by atoms with Crippen LogP contribution in [0.25, 0.3) is 0 Å². The zero-order valence-corrected chi connectivity index (χ0v) is 11.6. The standard InChI is InChI=1S/C14H25N3O/c1-3-4-15-10-13-9-14(18-12-13)11-17-7-5-16(2)6-8-17/h9,12,15H,3-8,10-11H2,1-2H3. The Morgan fingerprint density at radius 2 is 2.06 bits per heavy atom. The van der Waals surface area contributed by atoms with Gasteiger partial charge in [-0.3, -0.25) is 4.90 Å². The minimum absolute atomic E-state index is 0.917. The minimum Gasteiger partial charge on any atom is -0.468 e. The normalized spacial score (nSPS) is 18.3. The molecule has 4 heteroatoms. The van der Waals surface area contributed by atoms with Crippen molar-refractivity contribution in [2.24, 2.45) is 0 Å². The molecule has 0 saturated carbocycles. The molecule has 1 aromatic heterocycles. The lowest BCUT2D eigenvalue weighted by Crippen LogP contribution is -2.43. The molecule has 1 aromatic rings. The number of rotatable bonds is 6. The second kappa shape index (κ2) is 6.92. The average Bonchev–Trinajstić information content (AvgIpc) is 2.80. The summed E-state index contributed by atoms with van der Waals surface area (Å²) in [5.74, 6) is 1.09. The summed E-state index contributed by atoms with van der Waals surface area (Å²) in [6, 6.07) is 2.18. The third-order valence-corrected chi connectivity index (χ3v) is 3.44. The molecule has 0 atom stereocenters. The number of hydrogen-bond acceptors (Lipinski definition) is 4.